The summed E-state index contributed by atoms with van der Waals surface area (Å²) in [6.07, 6.45) is -2.31. The Hall–Kier alpha value is -2.27. The lowest BCUT2D eigenvalue weighted by Crippen LogP contribution is -2.40. The zero-order chi connectivity index (χ0) is 21.9. The van der Waals surface area contributed by atoms with Crippen molar-refractivity contribution in [2.75, 3.05) is 0 Å². The second-order valence-corrected chi connectivity index (χ2v) is 8.84. The first kappa shape index (κ1) is 22.4. The highest BCUT2D eigenvalue weighted by Gasteiger charge is 2.31. The van der Waals surface area contributed by atoms with E-state index in [0.717, 1.165) is 30.3 Å². The van der Waals surface area contributed by atoms with E-state index in [4.69, 9.17) is 4.74 Å². The molecule has 1 aromatic heterocycles. The maximum absolute atomic E-state index is 13.7. The van der Waals surface area contributed by atoms with Crippen LogP contribution >= 0.6 is 0 Å². The number of nitrogens with zero attached hydrogens (tertiary/aromatic N) is 1. The molecule has 0 bridgehead atoms. The molecule has 3 rings (SSSR count). The number of alkyl halides is 3. The molecule has 0 amide bonds. The number of aromatic nitrogens is 1. The number of halogens is 5. The van der Waals surface area contributed by atoms with Gasteiger partial charge in [0.2, 0.25) is 15.9 Å². The van der Waals surface area contributed by atoms with Crippen molar-refractivity contribution in [3.63, 3.8) is 0 Å². The summed E-state index contributed by atoms with van der Waals surface area (Å²) < 4.78 is 97.2. The summed E-state index contributed by atoms with van der Waals surface area (Å²) in [6, 6.07) is 4.26. The molecular weight excluding hydrogens is 431 g/mol. The lowest BCUT2D eigenvalue weighted by Gasteiger charge is -2.29. The zero-order valence-electron chi connectivity index (χ0n) is 15.6. The summed E-state index contributed by atoms with van der Waals surface area (Å²) in [5.74, 6) is -2.14. The quantitative estimate of drug-likeness (QED) is 0.671. The molecule has 1 N–H and O–H groups in total. The fourth-order valence-electron chi connectivity index (χ4n) is 3.24. The first-order chi connectivity index (χ1) is 14.0. The van der Waals surface area contributed by atoms with Crippen molar-refractivity contribution in [2.45, 2.75) is 49.8 Å². The molecule has 1 saturated carbocycles. The molecule has 0 radical (unpaired) electrons. The highest BCUT2D eigenvalue weighted by Crippen LogP contribution is 2.30. The van der Waals surface area contributed by atoms with Gasteiger partial charge in [-0.2, -0.15) is 13.2 Å². The molecular formula is C19H19F5N2O3S. The van der Waals surface area contributed by atoms with Crippen LogP contribution in [0.1, 0.15) is 36.8 Å². The Morgan fingerprint density at radius 3 is 2.37 bits per heavy atom. The Morgan fingerprint density at radius 1 is 1.07 bits per heavy atom. The van der Waals surface area contributed by atoms with Gasteiger partial charge in [-0.1, -0.05) is 0 Å². The monoisotopic (exact) mass is 450 g/mol. The van der Waals surface area contributed by atoms with E-state index < -0.39 is 45.2 Å². The van der Waals surface area contributed by atoms with Crippen LogP contribution in [-0.2, 0) is 22.0 Å². The third-order valence-electron chi connectivity index (χ3n) is 4.72. The Bertz CT molecular complexity index is 973. The maximum Gasteiger partial charge on any atom is 0.417 e. The molecule has 0 unspecified atom stereocenters. The second-order valence-electron chi connectivity index (χ2n) is 7.09. The van der Waals surface area contributed by atoms with Gasteiger partial charge >= 0.3 is 6.18 Å². The fraction of sp³-hybridized carbons (Fsp3) is 0.421. The van der Waals surface area contributed by atoms with Crippen molar-refractivity contribution in [1.29, 1.82) is 0 Å². The van der Waals surface area contributed by atoms with Crippen molar-refractivity contribution in [3.8, 4) is 5.88 Å². The van der Waals surface area contributed by atoms with E-state index in [0.29, 0.717) is 31.9 Å². The van der Waals surface area contributed by atoms with E-state index in [1.165, 1.54) is 0 Å². The third-order valence-corrected chi connectivity index (χ3v) is 6.11. The summed E-state index contributed by atoms with van der Waals surface area (Å²) in [5.41, 5.74) is -1.13. The van der Waals surface area contributed by atoms with E-state index in [-0.39, 0.29) is 17.5 Å². The molecule has 5 nitrogen and oxygen atoms in total. The Labute approximate surface area is 170 Å². The number of benzene rings is 1. The van der Waals surface area contributed by atoms with Crippen molar-refractivity contribution in [3.05, 3.63) is 59.3 Å². The predicted octanol–water partition coefficient (Wildman–Crippen LogP) is 4.19. The van der Waals surface area contributed by atoms with Crippen LogP contribution in [0.4, 0.5) is 22.0 Å². The molecule has 1 aromatic carbocycles. The summed E-state index contributed by atoms with van der Waals surface area (Å²) in [5, 5.41) is 0. The molecule has 1 heterocycles. The first-order valence-electron chi connectivity index (χ1n) is 9.16. The average molecular weight is 450 g/mol. The van der Waals surface area contributed by atoms with E-state index in [2.05, 4.69) is 9.71 Å². The number of nitrogens with one attached hydrogen (secondary N) is 1. The minimum absolute atomic E-state index is 0.0635. The van der Waals surface area contributed by atoms with Gasteiger partial charge in [-0.25, -0.2) is 26.9 Å². The van der Waals surface area contributed by atoms with Gasteiger partial charge in [0.25, 0.3) is 0 Å². The molecule has 0 saturated heterocycles. The van der Waals surface area contributed by atoms with Crippen molar-refractivity contribution >= 4 is 10.0 Å². The first-order valence-corrected chi connectivity index (χ1v) is 10.8. The Kier molecular flexibility index (Phi) is 6.61. The Balaban J connectivity index is 1.51. The van der Waals surface area contributed by atoms with Gasteiger partial charge in [-0.3, -0.25) is 0 Å². The number of hydrogen-bond acceptors (Lipinski definition) is 4. The van der Waals surface area contributed by atoms with E-state index in [1.807, 2.05) is 0 Å². The lowest BCUT2D eigenvalue weighted by molar-refractivity contribution is -0.137. The topological polar surface area (TPSA) is 68.3 Å². The molecule has 1 fully saturated rings. The van der Waals surface area contributed by atoms with Gasteiger partial charge < -0.3 is 4.74 Å². The van der Waals surface area contributed by atoms with Crippen LogP contribution in [0.15, 0.2) is 36.5 Å². The molecule has 11 heteroatoms. The second kappa shape index (κ2) is 8.84. The molecule has 0 aliphatic heterocycles. The van der Waals surface area contributed by atoms with Gasteiger partial charge in [-0.05, 0) is 49.9 Å². The van der Waals surface area contributed by atoms with Gasteiger partial charge in [0, 0.05) is 23.9 Å². The van der Waals surface area contributed by atoms with Crippen LogP contribution in [0, 0.1) is 11.6 Å². The summed E-state index contributed by atoms with van der Waals surface area (Å²) in [6.45, 7) is 0. The van der Waals surface area contributed by atoms with Gasteiger partial charge in [0.15, 0.2) is 0 Å². The SMILES string of the molecule is O=S(=O)(Cc1cc(F)ccc1F)NC1CCC(Oc2ccc(C(F)(F)F)cn2)CC1. The van der Waals surface area contributed by atoms with Crippen LogP contribution in [0.5, 0.6) is 5.88 Å². The fourth-order valence-corrected chi connectivity index (χ4v) is 4.70. The minimum Gasteiger partial charge on any atom is -0.474 e. The number of hydrogen-bond donors (Lipinski definition) is 1. The van der Waals surface area contributed by atoms with E-state index in [9.17, 15) is 30.4 Å². The molecule has 0 atom stereocenters. The lowest BCUT2D eigenvalue weighted by atomic mass is 9.94. The van der Waals surface area contributed by atoms with E-state index >= 15 is 0 Å². The van der Waals surface area contributed by atoms with Crippen LogP contribution in [0.25, 0.3) is 0 Å². The van der Waals surface area contributed by atoms with Gasteiger partial charge in [0.05, 0.1) is 11.3 Å². The van der Waals surface area contributed by atoms with Crippen molar-refractivity contribution < 1.29 is 35.1 Å². The van der Waals surface area contributed by atoms with Crippen molar-refractivity contribution in [1.82, 2.24) is 9.71 Å². The highest BCUT2D eigenvalue weighted by atomic mass is 32.2. The predicted molar refractivity (Wildman–Crippen MR) is 98.0 cm³/mol. The number of rotatable bonds is 6. The normalized spacial score (nSPS) is 20.2. The number of sulfonamides is 1. The standard InChI is InChI=1S/C19H19F5N2O3S/c20-14-2-7-17(21)12(9-14)11-30(27,28)26-15-3-5-16(6-4-15)29-18-8-1-13(10-25-18)19(22,23)24/h1-2,7-10,15-16,26H,3-6,11H2. The Morgan fingerprint density at radius 2 is 1.77 bits per heavy atom. The van der Waals surface area contributed by atoms with Gasteiger partial charge in [0.1, 0.15) is 17.7 Å². The molecule has 1 aliphatic carbocycles. The number of ether oxygens (including phenoxy) is 1. The van der Waals surface area contributed by atoms with Gasteiger partial charge in [-0.15, -0.1) is 0 Å². The molecule has 30 heavy (non-hydrogen) atoms. The van der Waals surface area contributed by atoms with Crippen molar-refractivity contribution in [2.24, 2.45) is 0 Å². The van der Waals surface area contributed by atoms with E-state index in [1.54, 1.807) is 0 Å². The molecule has 1 aliphatic rings. The average Bonchev–Trinajstić information content (AvgIpc) is 2.65. The van der Waals surface area contributed by atoms with Crippen LogP contribution in [0.3, 0.4) is 0 Å². The van der Waals surface area contributed by atoms with Crippen LogP contribution < -0.4 is 9.46 Å². The molecule has 2 aromatic rings. The smallest absolute Gasteiger partial charge is 0.417 e. The maximum atomic E-state index is 13.7. The highest BCUT2D eigenvalue weighted by molar-refractivity contribution is 7.88. The zero-order valence-corrected chi connectivity index (χ0v) is 16.4. The third kappa shape index (κ3) is 6.11. The molecule has 164 valence electrons. The summed E-state index contributed by atoms with van der Waals surface area (Å²) >= 11 is 0. The summed E-state index contributed by atoms with van der Waals surface area (Å²) in [4.78, 5) is 3.66. The molecule has 0 spiro atoms. The minimum atomic E-state index is -4.48. The largest absolute Gasteiger partial charge is 0.474 e. The summed E-state index contributed by atoms with van der Waals surface area (Å²) in [7, 11) is -3.89. The van der Waals surface area contributed by atoms with Crippen LogP contribution in [-0.4, -0.2) is 25.5 Å². The number of pyridine rings is 1. The van der Waals surface area contributed by atoms with Crippen LogP contribution in [0.2, 0.25) is 0 Å².